The van der Waals surface area contributed by atoms with Crippen LogP contribution in [-0.2, 0) is 11.3 Å². The van der Waals surface area contributed by atoms with Crippen LogP contribution in [0.5, 0.6) is 5.75 Å². The van der Waals surface area contributed by atoms with Crippen LogP contribution in [0.15, 0.2) is 30.6 Å². The fraction of sp³-hybridized carbons (Fsp3) is 0.579. The maximum atomic E-state index is 13.1. The van der Waals surface area contributed by atoms with Gasteiger partial charge in [0.05, 0.1) is 13.2 Å². The molecule has 0 N–H and O–H groups in total. The number of aromatic nitrogens is 4. The molecule has 0 unspecified atom stereocenters. The normalized spacial score (nSPS) is 31.7. The number of ether oxygens (including phenoxy) is 1. The monoisotopic (exact) mass is 368 g/mol. The molecule has 0 saturated carbocycles. The lowest BCUT2D eigenvalue weighted by molar-refractivity contribution is -0.137. The molecule has 1 aromatic heterocycles. The van der Waals surface area contributed by atoms with Gasteiger partial charge in [-0.3, -0.25) is 9.69 Å². The van der Waals surface area contributed by atoms with Crippen molar-refractivity contribution in [3.05, 3.63) is 36.2 Å². The molecule has 8 heteroatoms. The molecule has 1 aromatic carbocycles. The largest absolute Gasteiger partial charge is 0.496 e. The topological polar surface area (TPSA) is 76.4 Å². The van der Waals surface area contributed by atoms with Gasteiger partial charge in [-0.15, -0.1) is 10.2 Å². The van der Waals surface area contributed by atoms with Crippen LogP contribution < -0.4 is 4.74 Å². The number of hydrogen-bond acceptors (Lipinski definition) is 6. The third-order valence-corrected chi connectivity index (χ3v) is 6.52. The quantitative estimate of drug-likeness (QED) is 0.793. The number of fused-ring (bicyclic) bond motifs is 2. The first-order valence-electron chi connectivity index (χ1n) is 9.63. The van der Waals surface area contributed by atoms with Gasteiger partial charge in [0.2, 0.25) is 5.91 Å². The number of rotatable bonds is 4. The molecule has 3 atom stereocenters. The summed E-state index contributed by atoms with van der Waals surface area (Å²) in [4.78, 5) is 19.2. The number of tetrazole rings is 1. The van der Waals surface area contributed by atoms with Gasteiger partial charge in [-0.1, -0.05) is 18.2 Å². The average Bonchev–Trinajstić information content (AvgIpc) is 3.37. The third kappa shape index (κ3) is 2.70. The summed E-state index contributed by atoms with van der Waals surface area (Å²) < 4.78 is 5.64. The maximum absolute atomic E-state index is 13.1. The molecule has 2 aromatic rings. The Morgan fingerprint density at radius 1 is 1.22 bits per heavy atom. The molecule has 0 radical (unpaired) electrons. The van der Waals surface area contributed by atoms with Crippen LogP contribution in [0.4, 0.5) is 0 Å². The predicted octanol–water partition coefficient (Wildman–Crippen LogP) is 0.771. The second-order valence-electron chi connectivity index (χ2n) is 7.72. The molecule has 0 spiro atoms. The maximum Gasteiger partial charge on any atom is 0.246 e. The molecule has 2 bridgehead atoms. The van der Waals surface area contributed by atoms with Gasteiger partial charge in [-0.25, -0.2) is 0 Å². The molecular weight excluding hydrogens is 344 g/mol. The SMILES string of the molecule is COc1ccccc1[C@@H]1CN(C(=O)Cn2ncnn2)[C@@H]2C3CCN(CC3)[C@@H]21. The first-order chi connectivity index (χ1) is 13.3. The Labute approximate surface area is 158 Å². The molecule has 142 valence electrons. The van der Waals surface area contributed by atoms with Crippen LogP contribution in [0, 0.1) is 5.92 Å². The van der Waals surface area contributed by atoms with Crippen molar-refractivity contribution >= 4 is 5.91 Å². The molecule has 6 rings (SSSR count). The van der Waals surface area contributed by atoms with Crippen molar-refractivity contribution in [2.75, 3.05) is 26.7 Å². The highest BCUT2D eigenvalue weighted by molar-refractivity contribution is 5.77. The minimum Gasteiger partial charge on any atom is -0.496 e. The molecule has 27 heavy (non-hydrogen) atoms. The highest BCUT2D eigenvalue weighted by Crippen LogP contribution is 2.48. The fourth-order valence-electron chi connectivity index (χ4n) is 5.42. The van der Waals surface area contributed by atoms with Gasteiger partial charge in [0, 0.05) is 24.1 Å². The number of piperidine rings is 3. The molecule has 0 aliphatic carbocycles. The number of benzene rings is 1. The van der Waals surface area contributed by atoms with Crippen LogP contribution >= 0.6 is 0 Å². The zero-order chi connectivity index (χ0) is 18.4. The summed E-state index contributed by atoms with van der Waals surface area (Å²) in [5.74, 6) is 1.83. The van der Waals surface area contributed by atoms with Gasteiger partial charge in [0.1, 0.15) is 12.3 Å². The van der Waals surface area contributed by atoms with Crippen molar-refractivity contribution in [2.45, 2.75) is 37.4 Å². The number of carbonyl (C=O) groups is 1. The van der Waals surface area contributed by atoms with E-state index in [-0.39, 0.29) is 24.4 Å². The summed E-state index contributed by atoms with van der Waals surface area (Å²) in [5.41, 5.74) is 1.21. The minimum absolute atomic E-state index is 0.0779. The van der Waals surface area contributed by atoms with E-state index >= 15 is 0 Å². The second kappa shape index (κ2) is 6.60. The van der Waals surface area contributed by atoms with E-state index in [1.165, 1.54) is 29.5 Å². The summed E-state index contributed by atoms with van der Waals surface area (Å²) in [5, 5.41) is 11.6. The van der Waals surface area contributed by atoms with Gasteiger partial charge >= 0.3 is 0 Å². The fourth-order valence-corrected chi connectivity index (χ4v) is 5.42. The Morgan fingerprint density at radius 3 is 2.78 bits per heavy atom. The van der Waals surface area contributed by atoms with Crippen molar-refractivity contribution in [2.24, 2.45) is 5.92 Å². The highest BCUT2D eigenvalue weighted by atomic mass is 16.5. The van der Waals surface area contributed by atoms with E-state index in [0.29, 0.717) is 12.0 Å². The van der Waals surface area contributed by atoms with E-state index in [1.807, 2.05) is 12.1 Å². The molecule has 8 nitrogen and oxygen atoms in total. The zero-order valence-electron chi connectivity index (χ0n) is 15.4. The highest BCUT2D eigenvalue weighted by Gasteiger charge is 2.55. The Bertz CT molecular complexity index is 817. The Morgan fingerprint density at radius 2 is 2.04 bits per heavy atom. The standard InChI is InChI=1S/C19H24N6O2/c1-27-16-5-3-2-4-14(16)15-10-24(17(26)11-25-21-12-20-22-25)18-13-6-8-23(9-7-13)19(15)18/h2-5,12-13,15,18-19H,6-11H2,1H3/t15-,18+,19+/m0/s1. The van der Waals surface area contributed by atoms with Gasteiger partial charge < -0.3 is 9.64 Å². The number of hydrogen-bond donors (Lipinski definition) is 0. The third-order valence-electron chi connectivity index (χ3n) is 6.52. The van der Waals surface area contributed by atoms with Crippen molar-refractivity contribution in [3.8, 4) is 5.75 Å². The van der Waals surface area contributed by atoms with E-state index in [4.69, 9.17) is 4.74 Å². The molecule has 5 heterocycles. The average molecular weight is 368 g/mol. The molecule has 4 aliphatic rings. The van der Waals surface area contributed by atoms with Crippen molar-refractivity contribution in [1.29, 1.82) is 0 Å². The van der Waals surface area contributed by atoms with E-state index in [0.717, 1.165) is 25.4 Å². The lowest BCUT2D eigenvalue weighted by atomic mass is 9.75. The van der Waals surface area contributed by atoms with E-state index in [1.54, 1.807) is 7.11 Å². The van der Waals surface area contributed by atoms with Crippen LogP contribution in [0.25, 0.3) is 0 Å². The number of amides is 1. The summed E-state index contributed by atoms with van der Waals surface area (Å²) in [6, 6.07) is 8.86. The summed E-state index contributed by atoms with van der Waals surface area (Å²) in [7, 11) is 1.72. The number of carbonyl (C=O) groups excluding carboxylic acids is 1. The molecule has 4 aliphatic heterocycles. The lowest BCUT2D eigenvalue weighted by Crippen LogP contribution is -2.61. The lowest BCUT2D eigenvalue weighted by Gasteiger charge is -2.51. The summed E-state index contributed by atoms with van der Waals surface area (Å²) in [6.07, 6.45) is 3.71. The predicted molar refractivity (Wildman–Crippen MR) is 97.1 cm³/mol. The first kappa shape index (κ1) is 16.7. The Balaban J connectivity index is 1.49. The zero-order valence-corrected chi connectivity index (χ0v) is 15.4. The Hall–Kier alpha value is -2.48. The molecule has 4 saturated heterocycles. The van der Waals surface area contributed by atoms with Crippen LogP contribution in [0.3, 0.4) is 0 Å². The van der Waals surface area contributed by atoms with E-state index < -0.39 is 0 Å². The van der Waals surface area contributed by atoms with Gasteiger partial charge in [-0.2, -0.15) is 4.80 Å². The molecular formula is C19H24N6O2. The van der Waals surface area contributed by atoms with Crippen molar-refractivity contribution in [3.63, 3.8) is 0 Å². The smallest absolute Gasteiger partial charge is 0.246 e. The van der Waals surface area contributed by atoms with Gasteiger partial charge in [-0.05, 0) is 43.1 Å². The number of nitrogens with zero attached hydrogens (tertiary/aromatic N) is 6. The minimum atomic E-state index is 0.0779. The number of methoxy groups -OCH3 is 1. The number of para-hydroxylation sites is 1. The van der Waals surface area contributed by atoms with Crippen LogP contribution in [0.1, 0.15) is 24.3 Å². The van der Waals surface area contributed by atoms with Gasteiger partial charge in [0.15, 0.2) is 6.33 Å². The van der Waals surface area contributed by atoms with Crippen LogP contribution in [0.2, 0.25) is 0 Å². The van der Waals surface area contributed by atoms with E-state index in [9.17, 15) is 4.79 Å². The van der Waals surface area contributed by atoms with Gasteiger partial charge in [0.25, 0.3) is 0 Å². The molecule has 4 fully saturated rings. The second-order valence-corrected chi connectivity index (χ2v) is 7.72. The van der Waals surface area contributed by atoms with Crippen molar-refractivity contribution < 1.29 is 9.53 Å². The summed E-state index contributed by atoms with van der Waals surface area (Å²) >= 11 is 0. The molecule has 1 amide bonds. The number of likely N-dealkylation sites (tertiary alicyclic amines) is 1. The summed E-state index contributed by atoms with van der Waals surface area (Å²) in [6.45, 7) is 3.12. The van der Waals surface area contributed by atoms with Crippen molar-refractivity contribution in [1.82, 2.24) is 30.0 Å². The first-order valence-corrected chi connectivity index (χ1v) is 9.63. The van der Waals surface area contributed by atoms with Crippen LogP contribution in [-0.4, -0.2) is 74.7 Å². The van der Waals surface area contributed by atoms with E-state index in [2.05, 4.69) is 37.3 Å². The Kier molecular flexibility index (Phi) is 4.07.